The summed E-state index contributed by atoms with van der Waals surface area (Å²) in [6.45, 7) is 4.30. The van der Waals surface area contributed by atoms with Crippen LogP contribution in [0.5, 0.6) is 5.75 Å². The largest absolute Gasteiger partial charge is 0.492 e. The highest BCUT2D eigenvalue weighted by Gasteiger charge is 2.19. The van der Waals surface area contributed by atoms with Crippen molar-refractivity contribution in [3.05, 3.63) is 71.1 Å². The van der Waals surface area contributed by atoms with E-state index in [2.05, 4.69) is 10.3 Å². The van der Waals surface area contributed by atoms with Crippen molar-refractivity contribution >= 4 is 27.9 Å². The van der Waals surface area contributed by atoms with Gasteiger partial charge in [-0.25, -0.2) is 9.37 Å². The smallest absolute Gasteiger partial charge is 0.267 e. The average molecular weight is 395 g/mol. The molecule has 0 unspecified atom stereocenters. The van der Waals surface area contributed by atoms with Gasteiger partial charge in [0, 0.05) is 17.5 Å². The summed E-state index contributed by atoms with van der Waals surface area (Å²) in [7, 11) is 0. The third kappa shape index (κ3) is 3.36. The van der Waals surface area contributed by atoms with Crippen LogP contribution < -0.4 is 10.1 Å². The second-order valence-electron chi connectivity index (χ2n) is 6.19. The van der Waals surface area contributed by atoms with Crippen molar-refractivity contribution in [3.63, 3.8) is 0 Å². The molecule has 0 aliphatic carbocycles. The lowest BCUT2D eigenvalue weighted by Crippen LogP contribution is -2.13. The Kier molecular flexibility index (Phi) is 4.83. The number of imidazole rings is 1. The van der Waals surface area contributed by atoms with Crippen molar-refractivity contribution in [2.75, 3.05) is 11.9 Å². The van der Waals surface area contributed by atoms with E-state index in [9.17, 15) is 9.18 Å². The molecule has 28 heavy (non-hydrogen) atoms. The Morgan fingerprint density at radius 3 is 2.68 bits per heavy atom. The van der Waals surface area contributed by atoms with Crippen LogP contribution in [-0.4, -0.2) is 21.9 Å². The summed E-state index contributed by atoms with van der Waals surface area (Å²) in [5.41, 5.74) is 3.00. The van der Waals surface area contributed by atoms with Crippen LogP contribution in [0.15, 0.2) is 54.7 Å². The van der Waals surface area contributed by atoms with Gasteiger partial charge >= 0.3 is 0 Å². The molecule has 142 valence electrons. The molecule has 0 saturated carbocycles. The van der Waals surface area contributed by atoms with Gasteiger partial charge in [0.05, 0.1) is 18.0 Å². The van der Waals surface area contributed by atoms with E-state index in [1.165, 1.54) is 23.5 Å². The molecule has 0 fully saturated rings. The van der Waals surface area contributed by atoms with Crippen molar-refractivity contribution in [1.82, 2.24) is 9.38 Å². The Labute approximate surface area is 165 Å². The van der Waals surface area contributed by atoms with E-state index in [0.717, 1.165) is 17.0 Å². The molecule has 0 saturated heterocycles. The minimum Gasteiger partial charge on any atom is -0.492 e. The molecule has 2 heterocycles. The quantitative estimate of drug-likeness (QED) is 0.508. The number of rotatable bonds is 5. The Morgan fingerprint density at radius 1 is 1.21 bits per heavy atom. The van der Waals surface area contributed by atoms with E-state index in [4.69, 9.17) is 4.74 Å². The summed E-state index contributed by atoms with van der Waals surface area (Å²) >= 11 is 1.31. The van der Waals surface area contributed by atoms with Crippen molar-refractivity contribution in [3.8, 4) is 17.0 Å². The minimum atomic E-state index is -0.285. The van der Waals surface area contributed by atoms with Crippen LogP contribution in [0.4, 0.5) is 10.1 Å². The minimum absolute atomic E-state index is 0.205. The number of para-hydroxylation sites is 2. The highest BCUT2D eigenvalue weighted by atomic mass is 32.1. The van der Waals surface area contributed by atoms with Crippen LogP contribution in [0, 0.1) is 12.7 Å². The Bertz CT molecular complexity index is 1150. The third-order valence-electron chi connectivity index (χ3n) is 4.34. The van der Waals surface area contributed by atoms with Gasteiger partial charge < -0.3 is 10.1 Å². The fraction of sp³-hybridized carbons (Fsp3) is 0.143. The predicted octanol–water partition coefficient (Wildman–Crippen LogP) is 5.16. The molecular weight excluding hydrogens is 377 g/mol. The topological polar surface area (TPSA) is 55.6 Å². The predicted molar refractivity (Wildman–Crippen MR) is 109 cm³/mol. The van der Waals surface area contributed by atoms with Crippen LogP contribution in [0.3, 0.4) is 0 Å². The van der Waals surface area contributed by atoms with Gasteiger partial charge in [0.2, 0.25) is 0 Å². The number of halogens is 1. The number of hydrogen-bond acceptors (Lipinski definition) is 4. The number of ether oxygens (including phenoxy) is 1. The SMILES string of the molecule is CCOc1ccccc1NC(=O)c1sc2nc(-c3ccc(F)cc3)cn2c1C. The fourth-order valence-electron chi connectivity index (χ4n) is 2.95. The molecule has 0 aliphatic heterocycles. The van der Waals surface area contributed by atoms with Crippen LogP contribution in [0.2, 0.25) is 0 Å². The Balaban J connectivity index is 1.63. The highest BCUT2D eigenvalue weighted by molar-refractivity contribution is 7.19. The second kappa shape index (κ2) is 7.44. The fourth-order valence-corrected chi connectivity index (χ4v) is 3.96. The number of nitrogens with zero attached hydrogens (tertiary/aromatic N) is 2. The van der Waals surface area contributed by atoms with Gasteiger partial charge in [-0.1, -0.05) is 23.5 Å². The number of anilines is 1. The average Bonchev–Trinajstić information content (AvgIpc) is 3.24. The number of nitrogens with one attached hydrogen (secondary N) is 1. The first-order valence-corrected chi connectivity index (χ1v) is 9.66. The number of thiazole rings is 1. The second-order valence-corrected chi connectivity index (χ2v) is 7.16. The maximum absolute atomic E-state index is 13.1. The van der Waals surface area contributed by atoms with Gasteiger partial charge in [-0.15, -0.1) is 0 Å². The van der Waals surface area contributed by atoms with Gasteiger partial charge in [-0.2, -0.15) is 0 Å². The zero-order valence-corrected chi connectivity index (χ0v) is 16.2. The maximum atomic E-state index is 13.1. The van der Waals surface area contributed by atoms with E-state index < -0.39 is 0 Å². The molecule has 5 nitrogen and oxygen atoms in total. The van der Waals surface area contributed by atoms with Gasteiger partial charge in [0.25, 0.3) is 5.91 Å². The van der Waals surface area contributed by atoms with Gasteiger partial charge in [-0.3, -0.25) is 9.20 Å². The molecule has 0 radical (unpaired) electrons. The maximum Gasteiger partial charge on any atom is 0.267 e. The van der Waals surface area contributed by atoms with E-state index in [1.54, 1.807) is 12.1 Å². The number of amides is 1. The van der Waals surface area contributed by atoms with Crippen LogP contribution in [-0.2, 0) is 0 Å². The Hall–Kier alpha value is -3.19. The molecule has 4 aromatic rings. The lowest BCUT2D eigenvalue weighted by Gasteiger charge is -2.10. The molecule has 0 bridgehead atoms. The summed E-state index contributed by atoms with van der Waals surface area (Å²) < 4.78 is 20.6. The van der Waals surface area contributed by atoms with Crippen molar-refractivity contribution in [2.45, 2.75) is 13.8 Å². The van der Waals surface area contributed by atoms with Crippen LogP contribution in [0.25, 0.3) is 16.2 Å². The lowest BCUT2D eigenvalue weighted by atomic mass is 10.2. The lowest BCUT2D eigenvalue weighted by molar-refractivity contribution is 0.102. The number of fused-ring (bicyclic) bond motifs is 1. The van der Waals surface area contributed by atoms with Gasteiger partial charge in [0.15, 0.2) is 4.96 Å². The highest BCUT2D eigenvalue weighted by Crippen LogP contribution is 2.29. The molecule has 0 aliphatic rings. The number of carbonyl (C=O) groups is 1. The molecule has 4 rings (SSSR count). The molecule has 0 spiro atoms. The number of carbonyl (C=O) groups excluding carboxylic acids is 1. The molecule has 2 aromatic carbocycles. The summed E-state index contributed by atoms with van der Waals surface area (Å²) in [5, 5.41) is 2.92. The summed E-state index contributed by atoms with van der Waals surface area (Å²) in [5.74, 6) is 0.145. The first-order valence-electron chi connectivity index (χ1n) is 8.84. The standard InChI is InChI=1S/C21H18FN3O2S/c1-3-27-18-7-5-4-6-16(18)23-20(26)19-13(2)25-12-17(24-21(25)28-19)14-8-10-15(22)11-9-14/h4-12H,3H2,1-2H3,(H,23,26). The van der Waals surface area contributed by atoms with E-state index in [0.29, 0.717) is 27.9 Å². The van der Waals surface area contributed by atoms with Gasteiger partial charge in [0.1, 0.15) is 16.4 Å². The van der Waals surface area contributed by atoms with Gasteiger partial charge in [-0.05, 0) is 50.2 Å². The van der Waals surface area contributed by atoms with Crippen molar-refractivity contribution in [2.24, 2.45) is 0 Å². The molecule has 2 aromatic heterocycles. The zero-order chi connectivity index (χ0) is 19.7. The summed E-state index contributed by atoms with van der Waals surface area (Å²) in [6, 6.07) is 13.5. The van der Waals surface area contributed by atoms with Crippen LogP contribution in [0.1, 0.15) is 22.3 Å². The molecule has 1 amide bonds. The molecule has 7 heteroatoms. The number of aromatic nitrogens is 2. The van der Waals surface area contributed by atoms with Crippen molar-refractivity contribution < 1.29 is 13.9 Å². The number of benzene rings is 2. The molecular formula is C21H18FN3O2S. The van der Waals surface area contributed by atoms with Crippen molar-refractivity contribution in [1.29, 1.82) is 0 Å². The van der Waals surface area contributed by atoms with E-state index in [-0.39, 0.29) is 11.7 Å². The monoisotopic (exact) mass is 395 g/mol. The normalized spacial score (nSPS) is 11.0. The first kappa shape index (κ1) is 18.2. The summed E-state index contributed by atoms with van der Waals surface area (Å²) in [6.07, 6.45) is 1.86. The first-order chi connectivity index (χ1) is 13.6. The van der Waals surface area contributed by atoms with Crippen LogP contribution >= 0.6 is 11.3 Å². The number of aryl methyl sites for hydroxylation is 1. The Morgan fingerprint density at radius 2 is 1.96 bits per heavy atom. The molecule has 0 atom stereocenters. The van der Waals surface area contributed by atoms with E-state index in [1.807, 2.05) is 48.7 Å². The van der Waals surface area contributed by atoms with E-state index >= 15 is 0 Å². The third-order valence-corrected chi connectivity index (χ3v) is 5.49. The summed E-state index contributed by atoms with van der Waals surface area (Å²) in [4.78, 5) is 18.7. The molecule has 1 N–H and O–H groups in total. The zero-order valence-electron chi connectivity index (χ0n) is 15.4. The number of hydrogen-bond donors (Lipinski definition) is 1.